The summed E-state index contributed by atoms with van der Waals surface area (Å²) < 4.78 is 1.56. The molecule has 1 rings (SSSR count). The second kappa shape index (κ2) is 6.35. The van der Waals surface area contributed by atoms with Crippen LogP contribution in [-0.4, -0.2) is 27.7 Å². The molecule has 0 unspecified atom stereocenters. The zero-order valence-corrected chi connectivity index (χ0v) is 10.8. The van der Waals surface area contributed by atoms with Crippen LogP contribution in [0.25, 0.3) is 0 Å². The maximum Gasteiger partial charge on any atom is 0.323 e. The molecular weight excluding hydrogens is 232 g/mol. The first-order valence-corrected chi connectivity index (χ1v) is 6.19. The van der Waals surface area contributed by atoms with E-state index in [-0.39, 0.29) is 5.56 Å². The third kappa shape index (κ3) is 3.20. The molecule has 0 atom stereocenters. The Morgan fingerprint density at radius 2 is 2.06 bits per heavy atom. The molecule has 2 N–H and O–H groups in total. The third-order valence-electron chi connectivity index (χ3n) is 3.33. The maximum absolute atomic E-state index is 11.5. The molecule has 0 saturated carbocycles. The van der Waals surface area contributed by atoms with Crippen molar-refractivity contribution in [2.24, 2.45) is 0 Å². The van der Waals surface area contributed by atoms with E-state index in [1.54, 1.807) is 22.9 Å². The van der Waals surface area contributed by atoms with Gasteiger partial charge in [-0.2, -0.15) is 0 Å². The average Bonchev–Trinajstić information content (AvgIpc) is 2.37. The van der Waals surface area contributed by atoms with Crippen molar-refractivity contribution < 1.29 is 9.90 Å². The molecule has 1 aromatic heterocycles. The lowest BCUT2D eigenvalue weighted by Gasteiger charge is -2.28. The Morgan fingerprint density at radius 1 is 1.39 bits per heavy atom. The minimum absolute atomic E-state index is 0.0757. The number of carboxylic acid groups (broad SMARTS) is 1. The van der Waals surface area contributed by atoms with Crippen LogP contribution in [0.15, 0.2) is 29.2 Å². The largest absolute Gasteiger partial charge is 0.480 e. The molecule has 0 aliphatic carbocycles. The van der Waals surface area contributed by atoms with Gasteiger partial charge in [-0.25, -0.2) is 0 Å². The minimum atomic E-state index is -0.890. The van der Waals surface area contributed by atoms with Gasteiger partial charge >= 0.3 is 5.97 Å². The molecule has 1 heterocycles. The fourth-order valence-electron chi connectivity index (χ4n) is 1.94. The summed E-state index contributed by atoms with van der Waals surface area (Å²) in [6.07, 6.45) is 2.73. The summed E-state index contributed by atoms with van der Waals surface area (Å²) >= 11 is 0. The molecule has 0 radical (unpaired) electrons. The fraction of sp³-hybridized carbons (Fsp3) is 0.538. The summed E-state index contributed by atoms with van der Waals surface area (Å²) in [5.41, 5.74) is -0.966. The van der Waals surface area contributed by atoms with Crippen LogP contribution < -0.4 is 10.9 Å². The summed E-state index contributed by atoms with van der Waals surface area (Å²) in [7, 11) is 0. The fourth-order valence-corrected chi connectivity index (χ4v) is 1.94. The lowest BCUT2D eigenvalue weighted by atomic mass is 9.93. The van der Waals surface area contributed by atoms with Gasteiger partial charge in [-0.05, 0) is 18.9 Å². The number of pyridine rings is 1. The zero-order valence-electron chi connectivity index (χ0n) is 10.8. The Morgan fingerprint density at radius 3 is 2.56 bits per heavy atom. The van der Waals surface area contributed by atoms with Gasteiger partial charge in [0.1, 0.15) is 5.54 Å². The van der Waals surface area contributed by atoms with Crippen molar-refractivity contribution in [3.63, 3.8) is 0 Å². The molecule has 0 saturated heterocycles. The topological polar surface area (TPSA) is 71.3 Å². The molecule has 0 amide bonds. The number of nitrogens with one attached hydrogen (secondary N) is 1. The molecule has 0 aromatic carbocycles. The van der Waals surface area contributed by atoms with Gasteiger partial charge in [-0.3, -0.25) is 9.59 Å². The monoisotopic (exact) mass is 252 g/mol. The Labute approximate surface area is 106 Å². The van der Waals surface area contributed by atoms with Crippen LogP contribution in [0.5, 0.6) is 0 Å². The van der Waals surface area contributed by atoms with Crippen LogP contribution in [0, 0.1) is 0 Å². The Balaban J connectivity index is 2.63. The number of aromatic nitrogens is 1. The molecule has 0 aliphatic rings. The lowest BCUT2D eigenvalue weighted by molar-refractivity contribution is -0.145. The van der Waals surface area contributed by atoms with Crippen LogP contribution in [0.3, 0.4) is 0 Å². The van der Waals surface area contributed by atoms with Crippen molar-refractivity contribution in [1.29, 1.82) is 0 Å². The van der Waals surface area contributed by atoms with Gasteiger partial charge in [0.15, 0.2) is 0 Å². The summed E-state index contributed by atoms with van der Waals surface area (Å²) in [5.74, 6) is -0.840. The smallest absolute Gasteiger partial charge is 0.323 e. The van der Waals surface area contributed by atoms with Crippen LogP contribution in [-0.2, 0) is 11.3 Å². The van der Waals surface area contributed by atoms with Gasteiger partial charge < -0.3 is 15.0 Å². The summed E-state index contributed by atoms with van der Waals surface area (Å²) in [6, 6.07) is 4.96. The second-order valence-electron chi connectivity index (χ2n) is 4.25. The Hall–Kier alpha value is -1.62. The van der Waals surface area contributed by atoms with Gasteiger partial charge in [0.05, 0.1) is 0 Å². The van der Waals surface area contributed by atoms with E-state index in [1.165, 1.54) is 6.07 Å². The predicted molar refractivity (Wildman–Crippen MR) is 69.7 cm³/mol. The summed E-state index contributed by atoms with van der Waals surface area (Å²) in [5, 5.41) is 12.3. The van der Waals surface area contributed by atoms with Crippen molar-refractivity contribution >= 4 is 5.97 Å². The minimum Gasteiger partial charge on any atom is -0.480 e. The van der Waals surface area contributed by atoms with Crippen molar-refractivity contribution in [3.05, 3.63) is 34.7 Å². The number of nitrogens with zero attached hydrogens (tertiary/aromatic N) is 1. The zero-order chi connectivity index (χ0) is 13.6. The molecule has 5 nitrogen and oxygen atoms in total. The molecule has 0 spiro atoms. The summed E-state index contributed by atoms with van der Waals surface area (Å²) in [6.45, 7) is 4.62. The quantitative estimate of drug-likeness (QED) is 0.761. The highest BCUT2D eigenvalue weighted by molar-refractivity contribution is 5.78. The lowest BCUT2D eigenvalue weighted by Crippen LogP contribution is -2.52. The number of rotatable bonds is 7. The maximum atomic E-state index is 11.5. The normalized spacial score (nSPS) is 11.4. The van der Waals surface area contributed by atoms with Crippen molar-refractivity contribution in [2.45, 2.75) is 38.8 Å². The van der Waals surface area contributed by atoms with Crippen LogP contribution in [0.4, 0.5) is 0 Å². The number of hydrogen-bond donors (Lipinski definition) is 2. The van der Waals surface area contributed by atoms with Crippen molar-refractivity contribution in [3.8, 4) is 0 Å². The third-order valence-corrected chi connectivity index (χ3v) is 3.33. The molecule has 1 aromatic rings. The van der Waals surface area contributed by atoms with Crippen LogP contribution in [0.2, 0.25) is 0 Å². The standard InChI is InChI=1S/C13H20N2O3/c1-3-13(4-2,12(17)18)14-8-10-15-9-6-5-7-11(15)16/h5-7,9,14H,3-4,8,10H2,1-2H3,(H,17,18). The molecular formula is C13H20N2O3. The van der Waals surface area contributed by atoms with Crippen molar-refractivity contribution in [2.75, 3.05) is 6.54 Å². The van der Waals surface area contributed by atoms with E-state index in [2.05, 4.69) is 5.32 Å². The highest BCUT2D eigenvalue weighted by atomic mass is 16.4. The second-order valence-corrected chi connectivity index (χ2v) is 4.25. The number of hydrogen-bond acceptors (Lipinski definition) is 3. The van der Waals surface area contributed by atoms with E-state index in [9.17, 15) is 14.7 Å². The van der Waals surface area contributed by atoms with E-state index in [0.29, 0.717) is 25.9 Å². The molecule has 0 fully saturated rings. The SMILES string of the molecule is CCC(CC)(NCCn1ccccc1=O)C(=O)O. The molecule has 0 aliphatic heterocycles. The van der Waals surface area contributed by atoms with Gasteiger partial charge in [-0.1, -0.05) is 19.9 Å². The van der Waals surface area contributed by atoms with Gasteiger partial charge in [0.2, 0.25) is 0 Å². The molecule has 5 heteroatoms. The first-order valence-electron chi connectivity index (χ1n) is 6.19. The molecule has 18 heavy (non-hydrogen) atoms. The predicted octanol–water partition coefficient (Wildman–Crippen LogP) is 1.08. The number of carboxylic acids is 1. The average molecular weight is 252 g/mol. The Kier molecular flexibility index (Phi) is 5.09. The van der Waals surface area contributed by atoms with Crippen LogP contribution in [0.1, 0.15) is 26.7 Å². The van der Waals surface area contributed by atoms with Crippen molar-refractivity contribution in [1.82, 2.24) is 9.88 Å². The first-order chi connectivity index (χ1) is 8.55. The van der Waals surface area contributed by atoms with E-state index in [4.69, 9.17) is 0 Å². The Bertz CT molecular complexity index is 450. The summed E-state index contributed by atoms with van der Waals surface area (Å²) in [4.78, 5) is 22.7. The van der Waals surface area contributed by atoms with E-state index in [0.717, 1.165) is 0 Å². The van der Waals surface area contributed by atoms with Gasteiger partial charge in [0.25, 0.3) is 5.56 Å². The van der Waals surface area contributed by atoms with Gasteiger partial charge in [0, 0.05) is 25.4 Å². The van der Waals surface area contributed by atoms with Crippen LogP contribution >= 0.6 is 0 Å². The van der Waals surface area contributed by atoms with E-state index >= 15 is 0 Å². The first kappa shape index (κ1) is 14.4. The number of aliphatic carboxylic acids is 1. The highest BCUT2D eigenvalue weighted by Crippen LogP contribution is 2.14. The number of carbonyl (C=O) groups is 1. The molecule has 100 valence electrons. The van der Waals surface area contributed by atoms with E-state index < -0.39 is 11.5 Å². The van der Waals surface area contributed by atoms with E-state index in [1.807, 2.05) is 13.8 Å². The highest BCUT2D eigenvalue weighted by Gasteiger charge is 2.33. The van der Waals surface area contributed by atoms with Gasteiger partial charge in [-0.15, -0.1) is 0 Å². The molecule has 0 bridgehead atoms.